The van der Waals surface area contributed by atoms with E-state index in [1.165, 1.54) is 36.9 Å². The molecule has 1 atom stereocenters. The second kappa shape index (κ2) is 8.90. The number of rotatable bonds is 6. The molecule has 3 heterocycles. The summed E-state index contributed by atoms with van der Waals surface area (Å²) in [4.78, 5) is 43.5. The predicted octanol–water partition coefficient (Wildman–Crippen LogP) is 1.23. The fourth-order valence-corrected chi connectivity index (χ4v) is 4.10. The SMILES string of the molecule is CNC(=O)c1c(O)c2ncc(Cc3ccc(F)cc3)c3c2n(c1=O)CC(C)(C(=O)NC(C)(C)CO)O3. The molecule has 1 aliphatic rings. The number of halogens is 1. The average molecular weight is 499 g/mol. The Bertz CT molecular complexity index is 1430. The van der Waals surface area contributed by atoms with Crippen molar-refractivity contribution in [3.05, 3.63) is 63.3 Å². The topological polar surface area (TPSA) is 143 Å². The third-order valence-electron chi connectivity index (χ3n) is 6.15. The summed E-state index contributed by atoms with van der Waals surface area (Å²) >= 11 is 0. The lowest BCUT2D eigenvalue weighted by Gasteiger charge is -2.38. The Hall–Kier alpha value is -3.99. The summed E-state index contributed by atoms with van der Waals surface area (Å²) in [7, 11) is 1.32. The van der Waals surface area contributed by atoms with Crippen LogP contribution < -0.4 is 20.9 Å². The molecule has 0 aliphatic carbocycles. The van der Waals surface area contributed by atoms with Crippen molar-refractivity contribution in [2.45, 2.75) is 44.9 Å². The van der Waals surface area contributed by atoms with E-state index in [1.807, 2.05) is 0 Å². The summed E-state index contributed by atoms with van der Waals surface area (Å²) in [5.41, 5.74) is -2.61. The number of nitrogens with zero attached hydrogens (tertiary/aromatic N) is 2. The zero-order chi connectivity index (χ0) is 26.4. The molecule has 2 amide bonds. The molecule has 1 aromatic carbocycles. The summed E-state index contributed by atoms with van der Waals surface area (Å²) in [6.07, 6.45) is 1.65. The molecule has 0 radical (unpaired) electrons. The van der Waals surface area contributed by atoms with Gasteiger partial charge in [-0.2, -0.15) is 0 Å². The van der Waals surface area contributed by atoms with Crippen molar-refractivity contribution >= 4 is 22.8 Å². The van der Waals surface area contributed by atoms with Crippen LogP contribution in [0.1, 0.15) is 42.3 Å². The molecule has 0 bridgehead atoms. The number of carbonyl (C=O) groups is 2. The van der Waals surface area contributed by atoms with E-state index in [4.69, 9.17) is 4.74 Å². The number of aromatic hydroxyl groups is 1. The molecule has 0 fully saturated rings. The number of hydrogen-bond acceptors (Lipinski definition) is 7. The third-order valence-corrected chi connectivity index (χ3v) is 6.15. The lowest BCUT2D eigenvalue weighted by atomic mass is 9.97. The van der Waals surface area contributed by atoms with Crippen molar-refractivity contribution in [3.8, 4) is 11.5 Å². The molecule has 11 heteroatoms. The first-order chi connectivity index (χ1) is 16.9. The lowest BCUT2D eigenvalue weighted by molar-refractivity contribution is -0.139. The van der Waals surface area contributed by atoms with Crippen molar-refractivity contribution in [1.82, 2.24) is 20.2 Å². The minimum atomic E-state index is -1.62. The van der Waals surface area contributed by atoms with Gasteiger partial charge < -0.3 is 25.6 Å². The maximum absolute atomic E-state index is 13.4. The first kappa shape index (κ1) is 25.1. The summed E-state index contributed by atoms with van der Waals surface area (Å²) in [6.45, 7) is 4.13. The fraction of sp³-hybridized carbons (Fsp3) is 0.360. The number of hydrogen-bond donors (Lipinski definition) is 4. The van der Waals surface area contributed by atoms with Crippen LogP contribution in [0.15, 0.2) is 35.3 Å². The molecular weight excluding hydrogens is 471 g/mol. The highest BCUT2D eigenvalue weighted by atomic mass is 19.1. The number of carbonyl (C=O) groups excluding carboxylic acids is 2. The molecule has 2 aromatic heterocycles. The fourth-order valence-electron chi connectivity index (χ4n) is 4.10. The van der Waals surface area contributed by atoms with Crippen LogP contribution in [0.5, 0.6) is 11.5 Å². The highest BCUT2D eigenvalue weighted by Gasteiger charge is 2.44. The number of benzene rings is 1. The molecule has 0 saturated heterocycles. The van der Waals surface area contributed by atoms with Gasteiger partial charge in [0.25, 0.3) is 17.4 Å². The van der Waals surface area contributed by atoms with Gasteiger partial charge in [0.1, 0.15) is 22.4 Å². The number of ether oxygens (including phenoxy) is 1. The van der Waals surface area contributed by atoms with Gasteiger partial charge in [-0.1, -0.05) is 12.1 Å². The first-order valence-electron chi connectivity index (χ1n) is 11.3. The molecule has 10 nitrogen and oxygen atoms in total. The molecular formula is C25H27FN4O6. The second-order valence-corrected chi connectivity index (χ2v) is 9.64. The van der Waals surface area contributed by atoms with E-state index < -0.39 is 45.6 Å². The number of pyridine rings is 2. The number of aliphatic hydroxyl groups excluding tert-OH is 1. The van der Waals surface area contributed by atoms with E-state index in [9.17, 15) is 29.0 Å². The molecule has 4 N–H and O–H groups in total. The van der Waals surface area contributed by atoms with E-state index in [2.05, 4.69) is 15.6 Å². The zero-order valence-electron chi connectivity index (χ0n) is 20.3. The smallest absolute Gasteiger partial charge is 0.268 e. The molecule has 0 spiro atoms. The molecule has 190 valence electrons. The molecule has 4 rings (SSSR count). The molecule has 0 saturated carbocycles. The van der Waals surface area contributed by atoms with Crippen LogP contribution >= 0.6 is 0 Å². The normalized spacial score (nSPS) is 16.9. The van der Waals surface area contributed by atoms with Crippen LogP contribution in [-0.2, 0) is 17.8 Å². The van der Waals surface area contributed by atoms with Crippen LogP contribution in [0.25, 0.3) is 11.0 Å². The Balaban J connectivity index is 1.95. The highest BCUT2D eigenvalue weighted by molar-refractivity contribution is 6.02. The minimum absolute atomic E-state index is 0.0378. The Kier molecular flexibility index (Phi) is 6.21. The highest BCUT2D eigenvalue weighted by Crippen LogP contribution is 2.40. The number of nitrogens with one attached hydrogen (secondary N) is 2. The van der Waals surface area contributed by atoms with Gasteiger partial charge in [0, 0.05) is 25.2 Å². The van der Waals surface area contributed by atoms with Gasteiger partial charge >= 0.3 is 0 Å². The monoisotopic (exact) mass is 498 g/mol. The minimum Gasteiger partial charge on any atom is -0.505 e. The van der Waals surface area contributed by atoms with Crippen LogP contribution in [-0.4, -0.2) is 56.4 Å². The molecule has 1 unspecified atom stereocenters. The molecule has 3 aromatic rings. The van der Waals surface area contributed by atoms with Crippen LogP contribution in [0, 0.1) is 5.82 Å². The quantitative estimate of drug-likeness (QED) is 0.400. The first-order valence-corrected chi connectivity index (χ1v) is 11.3. The van der Waals surface area contributed by atoms with Crippen molar-refractivity contribution in [1.29, 1.82) is 0 Å². The Morgan fingerprint density at radius 3 is 2.56 bits per heavy atom. The van der Waals surface area contributed by atoms with Crippen LogP contribution in [0.2, 0.25) is 0 Å². The maximum Gasteiger partial charge on any atom is 0.268 e. The van der Waals surface area contributed by atoms with Crippen LogP contribution in [0.3, 0.4) is 0 Å². The number of aromatic nitrogens is 2. The summed E-state index contributed by atoms with van der Waals surface area (Å²) in [5.74, 6) is -2.26. The van der Waals surface area contributed by atoms with Crippen LogP contribution in [0.4, 0.5) is 4.39 Å². The maximum atomic E-state index is 13.4. The van der Waals surface area contributed by atoms with Crippen molar-refractivity contribution in [2.24, 2.45) is 0 Å². The summed E-state index contributed by atoms with van der Waals surface area (Å²) in [5, 5.41) is 25.5. The standard InChI is InChI=1S/C25H27FN4O6/c1-24(2,12-31)29-23(35)25(3)11-30-18-17(19(32)16(22(30)34)21(33)27-4)28-10-14(20(18)36-25)9-13-5-7-15(26)8-6-13/h5-8,10,31-32H,9,11-12H2,1-4H3,(H,27,33)(H,29,35). The largest absolute Gasteiger partial charge is 0.505 e. The molecule has 36 heavy (non-hydrogen) atoms. The zero-order valence-corrected chi connectivity index (χ0v) is 20.3. The predicted molar refractivity (Wildman–Crippen MR) is 129 cm³/mol. The van der Waals surface area contributed by atoms with Gasteiger partial charge in [0.2, 0.25) is 5.60 Å². The van der Waals surface area contributed by atoms with Crippen molar-refractivity contribution in [2.75, 3.05) is 13.7 Å². The van der Waals surface area contributed by atoms with Gasteiger partial charge in [-0.15, -0.1) is 0 Å². The van der Waals surface area contributed by atoms with Gasteiger partial charge in [-0.25, -0.2) is 4.39 Å². The Morgan fingerprint density at radius 1 is 1.28 bits per heavy atom. The number of amides is 2. The van der Waals surface area contributed by atoms with Gasteiger partial charge in [0.15, 0.2) is 11.5 Å². The summed E-state index contributed by atoms with van der Waals surface area (Å²) < 4.78 is 20.8. The van der Waals surface area contributed by atoms with E-state index in [1.54, 1.807) is 26.0 Å². The van der Waals surface area contributed by atoms with E-state index in [-0.39, 0.29) is 36.4 Å². The van der Waals surface area contributed by atoms with Gasteiger partial charge in [-0.3, -0.25) is 23.9 Å². The number of aliphatic hydroxyl groups is 1. The third kappa shape index (κ3) is 4.26. The average Bonchev–Trinajstić information content (AvgIpc) is 2.84. The van der Waals surface area contributed by atoms with E-state index in [0.29, 0.717) is 5.56 Å². The van der Waals surface area contributed by atoms with Crippen molar-refractivity contribution < 1.29 is 28.9 Å². The Morgan fingerprint density at radius 2 is 1.94 bits per heavy atom. The van der Waals surface area contributed by atoms with E-state index >= 15 is 0 Å². The van der Waals surface area contributed by atoms with Gasteiger partial charge in [0.05, 0.1) is 18.7 Å². The second-order valence-electron chi connectivity index (χ2n) is 9.64. The van der Waals surface area contributed by atoms with E-state index in [0.717, 1.165) is 5.56 Å². The van der Waals surface area contributed by atoms with Gasteiger partial charge in [-0.05, 0) is 38.5 Å². The van der Waals surface area contributed by atoms with Crippen molar-refractivity contribution in [3.63, 3.8) is 0 Å². The Labute approximate surface area is 205 Å². The lowest BCUT2D eigenvalue weighted by Crippen LogP contribution is -2.60. The molecule has 1 aliphatic heterocycles. The summed E-state index contributed by atoms with van der Waals surface area (Å²) in [6, 6.07) is 5.79.